The van der Waals surface area contributed by atoms with Crippen molar-refractivity contribution in [3.8, 4) is 0 Å². The van der Waals surface area contributed by atoms with Crippen LogP contribution in [0.2, 0.25) is 0 Å². The van der Waals surface area contributed by atoms with Crippen LogP contribution in [0.15, 0.2) is 29.6 Å². The average Bonchev–Trinajstić information content (AvgIpc) is 2.47. The molecule has 1 fully saturated rings. The Bertz CT molecular complexity index is 438. The van der Waals surface area contributed by atoms with E-state index in [9.17, 15) is 0 Å². The molecule has 0 atom stereocenters. The van der Waals surface area contributed by atoms with Gasteiger partial charge < -0.3 is 5.32 Å². The Labute approximate surface area is 119 Å². The second-order valence-corrected chi connectivity index (χ2v) is 5.27. The average molecular weight is 276 g/mol. The van der Waals surface area contributed by atoms with Crippen LogP contribution >= 0.6 is 12.2 Å². The molecule has 0 unspecified atom stereocenters. The van der Waals surface area contributed by atoms with Gasteiger partial charge in [0.25, 0.3) is 0 Å². The van der Waals surface area contributed by atoms with E-state index in [1.54, 1.807) is 12.4 Å². The fraction of sp³-hybridized carbons (Fsp3) is 0.500. The van der Waals surface area contributed by atoms with Gasteiger partial charge in [0, 0.05) is 24.0 Å². The van der Waals surface area contributed by atoms with Crippen LogP contribution < -0.4 is 10.7 Å². The summed E-state index contributed by atoms with van der Waals surface area (Å²) < 4.78 is 0. The zero-order valence-electron chi connectivity index (χ0n) is 11.2. The molecule has 0 bridgehead atoms. The van der Waals surface area contributed by atoms with E-state index in [0.717, 1.165) is 11.3 Å². The van der Waals surface area contributed by atoms with Crippen LogP contribution in [0.4, 0.5) is 0 Å². The molecule has 4 nitrogen and oxygen atoms in total. The van der Waals surface area contributed by atoms with E-state index in [1.807, 2.05) is 19.1 Å². The highest BCUT2D eigenvalue weighted by molar-refractivity contribution is 7.80. The zero-order valence-corrected chi connectivity index (χ0v) is 12.0. The number of aromatic nitrogens is 1. The molecule has 0 aliphatic heterocycles. The van der Waals surface area contributed by atoms with Crippen molar-refractivity contribution in [3.05, 3.63) is 30.1 Å². The maximum atomic E-state index is 5.26. The van der Waals surface area contributed by atoms with Crippen molar-refractivity contribution in [2.24, 2.45) is 5.10 Å². The minimum atomic E-state index is 0.502. The van der Waals surface area contributed by atoms with Crippen molar-refractivity contribution >= 4 is 23.0 Å². The van der Waals surface area contributed by atoms with E-state index in [2.05, 4.69) is 20.8 Å². The number of hydrazone groups is 1. The van der Waals surface area contributed by atoms with Gasteiger partial charge in [0.15, 0.2) is 5.11 Å². The molecule has 0 saturated heterocycles. The maximum Gasteiger partial charge on any atom is 0.187 e. The Hall–Kier alpha value is -1.49. The molecule has 19 heavy (non-hydrogen) atoms. The summed E-state index contributed by atoms with van der Waals surface area (Å²) >= 11 is 5.26. The van der Waals surface area contributed by atoms with Crippen LogP contribution in [0.3, 0.4) is 0 Å². The predicted molar refractivity (Wildman–Crippen MR) is 82.2 cm³/mol. The van der Waals surface area contributed by atoms with Gasteiger partial charge in [-0.2, -0.15) is 5.10 Å². The number of rotatable bonds is 3. The zero-order chi connectivity index (χ0) is 13.5. The van der Waals surface area contributed by atoms with Crippen molar-refractivity contribution in [2.45, 2.75) is 45.1 Å². The molecule has 1 aliphatic carbocycles. The number of hydrogen-bond acceptors (Lipinski definition) is 3. The van der Waals surface area contributed by atoms with Gasteiger partial charge >= 0.3 is 0 Å². The Morgan fingerprint density at radius 1 is 1.37 bits per heavy atom. The van der Waals surface area contributed by atoms with Crippen LogP contribution in [0.5, 0.6) is 0 Å². The Morgan fingerprint density at radius 3 is 2.84 bits per heavy atom. The smallest absolute Gasteiger partial charge is 0.187 e. The third kappa shape index (κ3) is 4.59. The molecule has 1 heterocycles. The van der Waals surface area contributed by atoms with Crippen molar-refractivity contribution < 1.29 is 0 Å². The number of nitrogens with zero attached hydrogens (tertiary/aromatic N) is 2. The molecule has 0 aromatic carbocycles. The van der Waals surface area contributed by atoms with Crippen molar-refractivity contribution in [1.29, 1.82) is 0 Å². The summed E-state index contributed by atoms with van der Waals surface area (Å²) in [6, 6.07) is 4.38. The van der Waals surface area contributed by atoms with E-state index in [1.165, 1.54) is 32.1 Å². The van der Waals surface area contributed by atoms with Crippen LogP contribution in [0.25, 0.3) is 0 Å². The lowest BCUT2D eigenvalue weighted by atomic mass is 9.96. The first-order valence-electron chi connectivity index (χ1n) is 6.77. The Balaban J connectivity index is 1.82. The quantitative estimate of drug-likeness (QED) is 0.506. The van der Waals surface area contributed by atoms with Crippen molar-refractivity contribution in [1.82, 2.24) is 15.7 Å². The SMILES string of the molecule is CC(=NNC(=S)NC1CCCCC1)c1cccnc1. The van der Waals surface area contributed by atoms with Crippen molar-refractivity contribution in [3.63, 3.8) is 0 Å². The lowest BCUT2D eigenvalue weighted by Gasteiger charge is -2.23. The van der Waals surface area contributed by atoms with Gasteiger partial charge in [-0.1, -0.05) is 25.3 Å². The second kappa shape index (κ2) is 7.19. The third-order valence-corrected chi connectivity index (χ3v) is 3.55. The predicted octanol–water partition coefficient (Wildman–Crippen LogP) is 2.60. The molecule has 0 spiro atoms. The second-order valence-electron chi connectivity index (χ2n) is 4.86. The van der Waals surface area contributed by atoms with E-state index in [-0.39, 0.29) is 0 Å². The molecule has 1 aliphatic rings. The lowest BCUT2D eigenvalue weighted by molar-refractivity contribution is 0.412. The van der Waals surface area contributed by atoms with Crippen molar-refractivity contribution in [2.75, 3.05) is 0 Å². The Kier molecular flexibility index (Phi) is 5.27. The number of pyridine rings is 1. The normalized spacial score (nSPS) is 17.0. The summed E-state index contributed by atoms with van der Waals surface area (Å²) in [5.41, 5.74) is 4.78. The molecule has 0 radical (unpaired) electrons. The first-order chi connectivity index (χ1) is 9.25. The third-order valence-electron chi connectivity index (χ3n) is 3.34. The number of nitrogens with one attached hydrogen (secondary N) is 2. The molecule has 2 rings (SSSR count). The molecule has 1 aromatic heterocycles. The molecule has 102 valence electrons. The molecular weight excluding hydrogens is 256 g/mol. The minimum Gasteiger partial charge on any atom is -0.359 e. The Morgan fingerprint density at radius 2 is 2.16 bits per heavy atom. The minimum absolute atomic E-state index is 0.502. The van der Waals surface area contributed by atoms with Crippen LogP contribution in [0.1, 0.15) is 44.6 Å². The van der Waals surface area contributed by atoms with Gasteiger partial charge in [0.1, 0.15) is 0 Å². The highest BCUT2D eigenvalue weighted by atomic mass is 32.1. The maximum absolute atomic E-state index is 5.26. The summed E-state index contributed by atoms with van der Waals surface area (Å²) in [4.78, 5) is 4.07. The monoisotopic (exact) mass is 276 g/mol. The molecule has 1 aromatic rings. The van der Waals surface area contributed by atoms with E-state index < -0.39 is 0 Å². The van der Waals surface area contributed by atoms with Crippen LogP contribution in [-0.4, -0.2) is 21.8 Å². The molecular formula is C14H20N4S. The molecule has 1 saturated carbocycles. The fourth-order valence-electron chi connectivity index (χ4n) is 2.24. The largest absolute Gasteiger partial charge is 0.359 e. The van der Waals surface area contributed by atoms with Crippen LogP contribution in [0, 0.1) is 0 Å². The molecule has 0 amide bonds. The first kappa shape index (κ1) is 13.9. The van der Waals surface area contributed by atoms with Gasteiger partial charge in [-0.05, 0) is 38.0 Å². The van der Waals surface area contributed by atoms with Crippen LogP contribution in [-0.2, 0) is 0 Å². The first-order valence-corrected chi connectivity index (χ1v) is 7.18. The van der Waals surface area contributed by atoms with Gasteiger partial charge in [0.2, 0.25) is 0 Å². The topological polar surface area (TPSA) is 49.3 Å². The summed E-state index contributed by atoms with van der Waals surface area (Å²) in [6.07, 6.45) is 9.87. The van der Waals surface area contributed by atoms with Gasteiger partial charge in [-0.25, -0.2) is 0 Å². The summed E-state index contributed by atoms with van der Waals surface area (Å²) in [5.74, 6) is 0. The lowest BCUT2D eigenvalue weighted by Crippen LogP contribution is -2.41. The number of thiocarbonyl (C=S) groups is 1. The summed E-state index contributed by atoms with van der Waals surface area (Å²) in [7, 11) is 0. The summed E-state index contributed by atoms with van der Waals surface area (Å²) in [5, 5.41) is 8.21. The van der Waals surface area contributed by atoms with Gasteiger partial charge in [-0.15, -0.1) is 0 Å². The molecule has 5 heteroatoms. The fourth-order valence-corrected chi connectivity index (χ4v) is 2.45. The standard InChI is InChI=1S/C14H20N4S/c1-11(12-6-5-9-15-10-12)17-18-14(19)16-13-7-3-2-4-8-13/h5-6,9-10,13H,2-4,7-8H2,1H3,(H2,16,18,19). The molecule has 2 N–H and O–H groups in total. The van der Waals surface area contributed by atoms with E-state index >= 15 is 0 Å². The number of hydrogen-bond donors (Lipinski definition) is 2. The van der Waals surface area contributed by atoms with Gasteiger partial charge in [-0.3, -0.25) is 10.4 Å². The van der Waals surface area contributed by atoms with Gasteiger partial charge in [0.05, 0.1) is 5.71 Å². The highest BCUT2D eigenvalue weighted by Gasteiger charge is 2.13. The summed E-state index contributed by atoms with van der Waals surface area (Å²) in [6.45, 7) is 1.94. The van der Waals surface area contributed by atoms with E-state index in [0.29, 0.717) is 11.2 Å². The highest BCUT2D eigenvalue weighted by Crippen LogP contribution is 2.17. The van der Waals surface area contributed by atoms with E-state index in [4.69, 9.17) is 12.2 Å².